The van der Waals surface area contributed by atoms with Gasteiger partial charge in [0.05, 0.1) is 5.69 Å². The second-order valence-electron chi connectivity index (χ2n) is 2.36. The van der Waals surface area contributed by atoms with Crippen molar-refractivity contribution in [2.24, 2.45) is 0 Å². The van der Waals surface area contributed by atoms with E-state index in [0.717, 1.165) is 11.4 Å². The molecule has 2 nitrogen and oxygen atoms in total. The van der Waals surface area contributed by atoms with Gasteiger partial charge in [-0.25, -0.2) is 12.1 Å². The van der Waals surface area contributed by atoms with Crippen LogP contribution in [-0.2, 0) is 19.5 Å². The Hall–Kier alpha value is -1.08. The zero-order chi connectivity index (χ0) is 8.23. The van der Waals surface area contributed by atoms with Gasteiger partial charge >= 0.3 is 0 Å². The Balaban J connectivity index is 0.000000845. The number of aromatic nitrogens is 2. The normalized spacial score (nSPS) is 8.92. The topological polar surface area (TPSA) is 25.8 Å². The van der Waals surface area contributed by atoms with E-state index in [-0.39, 0.29) is 19.5 Å². The SMILES string of the molecule is [Zn].[c-]1ccc(-c2ccccn2)nc1. The van der Waals surface area contributed by atoms with E-state index in [1.807, 2.05) is 30.3 Å². The van der Waals surface area contributed by atoms with Crippen molar-refractivity contribution in [2.75, 3.05) is 0 Å². The van der Waals surface area contributed by atoms with Crippen LogP contribution in [0.5, 0.6) is 0 Å². The molecule has 0 unspecified atom stereocenters. The fourth-order valence-electron chi connectivity index (χ4n) is 0.986. The molecule has 2 heterocycles. The van der Waals surface area contributed by atoms with Crippen LogP contribution >= 0.6 is 0 Å². The summed E-state index contributed by atoms with van der Waals surface area (Å²) in [6.45, 7) is 0. The molecule has 3 heteroatoms. The third kappa shape index (κ3) is 2.43. The van der Waals surface area contributed by atoms with Gasteiger partial charge in [-0.2, -0.15) is 6.07 Å². The molecule has 0 saturated heterocycles. The van der Waals surface area contributed by atoms with E-state index in [9.17, 15) is 0 Å². The van der Waals surface area contributed by atoms with E-state index in [0.29, 0.717) is 0 Å². The maximum Gasteiger partial charge on any atom is 0.0703 e. The first-order valence-electron chi connectivity index (χ1n) is 3.70. The van der Waals surface area contributed by atoms with Gasteiger partial charge in [-0.1, -0.05) is 12.3 Å². The van der Waals surface area contributed by atoms with Crippen molar-refractivity contribution in [1.82, 2.24) is 9.97 Å². The van der Waals surface area contributed by atoms with Crippen molar-refractivity contribution in [2.45, 2.75) is 0 Å². The second-order valence-corrected chi connectivity index (χ2v) is 2.36. The summed E-state index contributed by atoms with van der Waals surface area (Å²) < 4.78 is 0. The first kappa shape index (κ1) is 10.0. The van der Waals surface area contributed by atoms with E-state index < -0.39 is 0 Å². The molecule has 0 aliphatic carbocycles. The summed E-state index contributed by atoms with van der Waals surface area (Å²) in [4.78, 5) is 8.30. The molecular formula is C10H7N2Zn-. The molecule has 2 aromatic heterocycles. The largest absolute Gasteiger partial charge is 0.294 e. The summed E-state index contributed by atoms with van der Waals surface area (Å²) in [6, 6.07) is 12.4. The fraction of sp³-hybridized carbons (Fsp3) is 0. The second kappa shape index (κ2) is 4.83. The van der Waals surface area contributed by atoms with Crippen molar-refractivity contribution in [3.05, 3.63) is 48.8 Å². The molecule has 0 atom stereocenters. The average molecular weight is 221 g/mol. The molecule has 0 N–H and O–H groups in total. The molecule has 60 valence electrons. The van der Waals surface area contributed by atoms with Crippen LogP contribution in [0.2, 0.25) is 0 Å². The van der Waals surface area contributed by atoms with Gasteiger partial charge in [0.15, 0.2) is 0 Å². The van der Waals surface area contributed by atoms with Crippen LogP contribution < -0.4 is 0 Å². The van der Waals surface area contributed by atoms with Crippen LogP contribution in [-0.4, -0.2) is 9.97 Å². The number of pyridine rings is 2. The molecule has 0 fully saturated rings. The van der Waals surface area contributed by atoms with E-state index in [2.05, 4.69) is 16.0 Å². The van der Waals surface area contributed by atoms with Crippen molar-refractivity contribution >= 4 is 0 Å². The fourth-order valence-corrected chi connectivity index (χ4v) is 0.986. The molecule has 0 radical (unpaired) electrons. The molecule has 0 saturated carbocycles. The van der Waals surface area contributed by atoms with Crippen molar-refractivity contribution in [3.8, 4) is 11.4 Å². The Morgan fingerprint density at radius 1 is 1.00 bits per heavy atom. The van der Waals surface area contributed by atoms with Gasteiger partial charge < -0.3 is 0 Å². The summed E-state index contributed by atoms with van der Waals surface area (Å²) in [5, 5.41) is 0. The van der Waals surface area contributed by atoms with E-state index in [4.69, 9.17) is 0 Å². The van der Waals surface area contributed by atoms with Gasteiger partial charge in [0.25, 0.3) is 0 Å². The van der Waals surface area contributed by atoms with Crippen molar-refractivity contribution in [3.63, 3.8) is 0 Å². The molecular weight excluding hydrogens is 214 g/mol. The Kier molecular flexibility index (Phi) is 3.72. The summed E-state index contributed by atoms with van der Waals surface area (Å²) in [6.07, 6.45) is 3.40. The van der Waals surface area contributed by atoms with E-state index in [1.54, 1.807) is 12.4 Å². The van der Waals surface area contributed by atoms with Crippen LogP contribution in [0.4, 0.5) is 0 Å². The Morgan fingerprint density at radius 3 is 2.46 bits per heavy atom. The van der Waals surface area contributed by atoms with Crippen LogP contribution in [0.25, 0.3) is 11.4 Å². The van der Waals surface area contributed by atoms with Crippen molar-refractivity contribution in [1.29, 1.82) is 0 Å². The van der Waals surface area contributed by atoms with Crippen molar-refractivity contribution < 1.29 is 19.5 Å². The van der Waals surface area contributed by atoms with Crippen LogP contribution in [0.3, 0.4) is 0 Å². The molecule has 13 heavy (non-hydrogen) atoms. The van der Waals surface area contributed by atoms with Gasteiger partial charge in [0.2, 0.25) is 0 Å². The van der Waals surface area contributed by atoms with Crippen LogP contribution in [0, 0.1) is 6.07 Å². The number of rotatable bonds is 1. The standard InChI is InChI=1S/C10H7N2.Zn/c1-3-7-11-9(5-1)10-6-2-4-8-12-10;/h1-3,5-8H;/q-1;. The maximum atomic E-state index is 4.17. The van der Waals surface area contributed by atoms with Gasteiger partial charge in [-0.15, -0.1) is 0 Å². The Labute approximate surface area is 89.8 Å². The third-order valence-electron chi connectivity index (χ3n) is 1.54. The molecule has 0 spiro atoms. The maximum absolute atomic E-state index is 4.17. The number of nitrogens with zero attached hydrogens (tertiary/aromatic N) is 2. The van der Waals surface area contributed by atoms with Gasteiger partial charge in [-0.3, -0.25) is 9.97 Å². The number of hydrogen-bond donors (Lipinski definition) is 0. The van der Waals surface area contributed by atoms with Gasteiger partial charge in [-0.05, 0) is 12.1 Å². The minimum atomic E-state index is 0. The summed E-state index contributed by atoms with van der Waals surface area (Å²) in [5.74, 6) is 0. The Bertz CT molecular complexity index is 310. The minimum Gasteiger partial charge on any atom is -0.294 e. The Morgan fingerprint density at radius 2 is 1.85 bits per heavy atom. The van der Waals surface area contributed by atoms with Gasteiger partial charge in [0.1, 0.15) is 0 Å². The monoisotopic (exact) mass is 219 g/mol. The zero-order valence-electron chi connectivity index (χ0n) is 7.14. The molecule has 0 amide bonds. The molecule has 0 bridgehead atoms. The molecule has 2 aromatic rings. The predicted molar refractivity (Wildman–Crippen MR) is 46.3 cm³/mol. The quantitative estimate of drug-likeness (QED) is 0.542. The van der Waals surface area contributed by atoms with Gasteiger partial charge in [0, 0.05) is 31.4 Å². The first-order valence-corrected chi connectivity index (χ1v) is 3.70. The molecule has 0 aliphatic rings. The van der Waals surface area contributed by atoms with E-state index >= 15 is 0 Å². The number of hydrogen-bond acceptors (Lipinski definition) is 2. The summed E-state index contributed by atoms with van der Waals surface area (Å²) in [5.41, 5.74) is 1.78. The van der Waals surface area contributed by atoms with Crippen LogP contribution in [0.1, 0.15) is 0 Å². The molecule has 0 aromatic carbocycles. The first-order chi connectivity index (χ1) is 5.97. The molecule has 2 rings (SSSR count). The average Bonchev–Trinajstić information content (AvgIpc) is 2.21. The predicted octanol–water partition coefficient (Wildman–Crippen LogP) is 1.94. The van der Waals surface area contributed by atoms with E-state index in [1.165, 1.54) is 0 Å². The minimum absolute atomic E-state index is 0. The smallest absolute Gasteiger partial charge is 0.0703 e. The summed E-state index contributed by atoms with van der Waals surface area (Å²) >= 11 is 0. The molecule has 0 aliphatic heterocycles. The third-order valence-corrected chi connectivity index (χ3v) is 1.54. The summed E-state index contributed by atoms with van der Waals surface area (Å²) in [7, 11) is 0. The van der Waals surface area contributed by atoms with Crippen LogP contribution in [0.15, 0.2) is 42.7 Å². The zero-order valence-corrected chi connectivity index (χ0v) is 10.1.